The molecule has 0 aromatic heterocycles. The fourth-order valence-corrected chi connectivity index (χ4v) is 4.73. The zero-order valence-electron chi connectivity index (χ0n) is 23.4. The molecule has 0 saturated carbocycles. The standard InChI is InChI=1S/C33H37NO6/c1-4-5-8-20-39-27-17-13-25(14-18-27)31(35)29-30(34(19-21-38-3)33(37)32(29)36)24-11-15-28(16-12-24)40-22-26-10-7-6-9-23(26)2/h6-7,9-18,30,35H,4-5,8,19-22H2,1-3H3/b31-29-. The van der Waals surface area contributed by atoms with Crippen molar-refractivity contribution in [3.8, 4) is 11.5 Å². The topological polar surface area (TPSA) is 85.3 Å². The Morgan fingerprint density at radius 3 is 2.23 bits per heavy atom. The number of Topliss-reactive ketones (excluding diaryl/α,β-unsaturated/α-hetero) is 1. The number of unbranched alkanes of at least 4 members (excludes halogenated alkanes) is 2. The van der Waals surface area contributed by atoms with Crippen molar-refractivity contribution in [3.05, 3.63) is 101 Å². The molecular weight excluding hydrogens is 506 g/mol. The van der Waals surface area contributed by atoms with Crippen molar-refractivity contribution in [2.75, 3.05) is 26.9 Å². The maximum atomic E-state index is 13.2. The van der Waals surface area contributed by atoms with Crippen LogP contribution < -0.4 is 9.47 Å². The first kappa shape index (κ1) is 28.9. The number of carbonyl (C=O) groups is 2. The zero-order chi connectivity index (χ0) is 28.5. The molecule has 3 aromatic rings. The van der Waals surface area contributed by atoms with Gasteiger partial charge in [-0.1, -0.05) is 56.2 Å². The maximum absolute atomic E-state index is 13.2. The molecule has 0 spiro atoms. The molecule has 7 nitrogen and oxygen atoms in total. The van der Waals surface area contributed by atoms with Crippen molar-refractivity contribution in [3.63, 3.8) is 0 Å². The number of aryl methyl sites for hydroxylation is 1. The van der Waals surface area contributed by atoms with Crippen LogP contribution in [0.25, 0.3) is 5.76 Å². The first-order valence-electron chi connectivity index (χ1n) is 13.7. The van der Waals surface area contributed by atoms with Gasteiger partial charge in [0.2, 0.25) is 0 Å². The molecule has 1 heterocycles. The van der Waals surface area contributed by atoms with E-state index in [2.05, 4.69) is 6.92 Å². The number of ether oxygens (including phenoxy) is 3. The monoisotopic (exact) mass is 543 g/mol. The first-order valence-corrected chi connectivity index (χ1v) is 13.7. The number of nitrogens with zero attached hydrogens (tertiary/aromatic N) is 1. The molecule has 1 aliphatic rings. The highest BCUT2D eigenvalue weighted by atomic mass is 16.5. The summed E-state index contributed by atoms with van der Waals surface area (Å²) in [5, 5.41) is 11.3. The van der Waals surface area contributed by atoms with Crippen LogP contribution >= 0.6 is 0 Å². The number of hydrogen-bond acceptors (Lipinski definition) is 6. The molecule has 1 N–H and O–H groups in total. The van der Waals surface area contributed by atoms with E-state index in [1.165, 1.54) is 12.0 Å². The van der Waals surface area contributed by atoms with Crippen LogP contribution in [0.2, 0.25) is 0 Å². The summed E-state index contributed by atoms with van der Waals surface area (Å²) < 4.78 is 16.9. The van der Waals surface area contributed by atoms with E-state index in [4.69, 9.17) is 14.2 Å². The Morgan fingerprint density at radius 1 is 0.875 bits per heavy atom. The number of methoxy groups -OCH3 is 1. The van der Waals surface area contributed by atoms with Crippen LogP contribution in [0.3, 0.4) is 0 Å². The number of amides is 1. The van der Waals surface area contributed by atoms with Crippen LogP contribution in [0, 0.1) is 6.92 Å². The van der Waals surface area contributed by atoms with Gasteiger partial charge in [-0.15, -0.1) is 0 Å². The van der Waals surface area contributed by atoms with Crippen molar-refractivity contribution in [2.45, 2.75) is 45.8 Å². The van der Waals surface area contributed by atoms with E-state index in [0.717, 1.165) is 30.4 Å². The summed E-state index contributed by atoms with van der Waals surface area (Å²) in [6, 6.07) is 21.5. The van der Waals surface area contributed by atoms with E-state index in [9.17, 15) is 14.7 Å². The quantitative estimate of drug-likeness (QED) is 0.119. The fraction of sp³-hybridized carbons (Fsp3) is 0.333. The molecule has 40 heavy (non-hydrogen) atoms. The summed E-state index contributed by atoms with van der Waals surface area (Å²) >= 11 is 0. The summed E-state index contributed by atoms with van der Waals surface area (Å²) in [5.41, 5.74) is 3.42. The van der Waals surface area contributed by atoms with Gasteiger partial charge in [0.25, 0.3) is 11.7 Å². The lowest BCUT2D eigenvalue weighted by atomic mass is 9.95. The number of carbonyl (C=O) groups excluding carboxylic acids is 2. The Bertz CT molecular complexity index is 1330. The van der Waals surface area contributed by atoms with E-state index in [1.54, 1.807) is 24.3 Å². The van der Waals surface area contributed by atoms with Crippen LogP contribution in [-0.4, -0.2) is 48.6 Å². The lowest BCUT2D eigenvalue weighted by molar-refractivity contribution is -0.140. The number of aliphatic hydroxyl groups excluding tert-OH is 1. The van der Waals surface area contributed by atoms with Crippen LogP contribution in [0.15, 0.2) is 78.4 Å². The molecule has 1 amide bonds. The number of ketones is 1. The van der Waals surface area contributed by atoms with Crippen LogP contribution in [0.1, 0.15) is 54.5 Å². The van der Waals surface area contributed by atoms with E-state index < -0.39 is 17.7 Å². The number of likely N-dealkylation sites (tertiary alicyclic amines) is 1. The van der Waals surface area contributed by atoms with Crippen molar-refractivity contribution >= 4 is 17.4 Å². The molecule has 0 bridgehead atoms. The summed E-state index contributed by atoms with van der Waals surface area (Å²) in [6.45, 7) is 5.69. The molecule has 4 rings (SSSR count). The molecule has 1 fully saturated rings. The second kappa shape index (κ2) is 13.8. The van der Waals surface area contributed by atoms with Gasteiger partial charge >= 0.3 is 0 Å². The number of benzene rings is 3. The van der Waals surface area contributed by atoms with Crippen LogP contribution in [0.5, 0.6) is 11.5 Å². The zero-order valence-corrected chi connectivity index (χ0v) is 23.4. The van der Waals surface area contributed by atoms with E-state index in [-0.39, 0.29) is 24.5 Å². The lowest BCUT2D eigenvalue weighted by Gasteiger charge is -2.25. The Morgan fingerprint density at radius 2 is 1.55 bits per heavy atom. The normalized spacial score (nSPS) is 16.4. The molecule has 3 aromatic carbocycles. The average Bonchev–Trinajstić information content (AvgIpc) is 3.23. The van der Waals surface area contributed by atoms with Gasteiger partial charge in [-0.3, -0.25) is 9.59 Å². The summed E-state index contributed by atoms with van der Waals surface area (Å²) in [4.78, 5) is 27.7. The lowest BCUT2D eigenvalue weighted by Crippen LogP contribution is -2.32. The average molecular weight is 544 g/mol. The Balaban J connectivity index is 1.60. The minimum Gasteiger partial charge on any atom is -0.507 e. The highest BCUT2D eigenvalue weighted by molar-refractivity contribution is 6.46. The van der Waals surface area contributed by atoms with Gasteiger partial charge in [-0.05, 0) is 66.4 Å². The second-order valence-corrected chi connectivity index (χ2v) is 9.85. The number of rotatable bonds is 13. The highest BCUT2D eigenvalue weighted by Gasteiger charge is 2.45. The minimum atomic E-state index is -0.759. The van der Waals surface area contributed by atoms with Gasteiger partial charge in [0, 0.05) is 19.2 Å². The van der Waals surface area contributed by atoms with E-state index >= 15 is 0 Å². The van der Waals surface area contributed by atoms with Crippen LogP contribution in [0.4, 0.5) is 0 Å². The summed E-state index contributed by atoms with van der Waals surface area (Å²) in [7, 11) is 1.54. The molecular formula is C33H37NO6. The molecule has 7 heteroatoms. The van der Waals surface area contributed by atoms with Crippen LogP contribution in [-0.2, 0) is 20.9 Å². The predicted molar refractivity (Wildman–Crippen MR) is 154 cm³/mol. The maximum Gasteiger partial charge on any atom is 0.295 e. The Labute approximate surface area is 236 Å². The second-order valence-electron chi connectivity index (χ2n) is 9.85. The van der Waals surface area contributed by atoms with Gasteiger partial charge in [-0.25, -0.2) is 0 Å². The molecule has 1 atom stereocenters. The number of hydrogen-bond donors (Lipinski definition) is 1. The van der Waals surface area contributed by atoms with Crippen molar-refractivity contribution < 1.29 is 28.9 Å². The highest BCUT2D eigenvalue weighted by Crippen LogP contribution is 2.40. The predicted octanol–water partition coefficient (Wildman–Crippen LogP) is 6.21. The third-order valence-corrected chi connectivity index (χ3v) is 7.07. The van der Waals surface area contributed by atoms with Gasteiger partial charge in [0.05, 0.1) is 24.8 Å². The van der Waals surface area contributed by atoms with E-state index in [1.807, 2.05) is 55.5 Å². The molecule has 1 aliphatic heterocycles. The van der Waals surface area contributed by atoms with Gasteiger partial charge in [-0.2, -0.15) is 0 Å². The smallest absolute Gasteiger partial charge is 0.295 e. The minimum absolute atomic E-state index is 0.0475. The largest absolute Gasteiger partial charge is 0.507 e. The summed E-state index contributed by atoms with van der Waals surface area (Å²) in [6.07, 6.45) is 3.18. The first-order chi connectivity index (χ1) is 19.4. The third kappa shape index (κ3) is 6.72. The number of aliphatic hydroxyl groups is 1. The van der Waals surface area contributed by atoms with Gasteiger partial charge in [0.1, 0.15) is 23.9 Å². The summed E-state index contributed by atoms with van der Waals surface area (Å²) in [5.74, 6) is -0.264. The molecule has 0 radical (unpaired) electrons. The van der Waals surface area contributed by atoms with Gasteiger partial charge in [0.15, 0.2) is 0 Å². The van der Waals surface area contributed by atoms with Crippen molar-refractivity contribution in [1.82, 2.24) is 4.90 Å². The fourth-order valence-electron chi connectivity index (χ4n) is 4.73. The SMILES string of the molecule is CCCCCOc1ccc(/C(O)=C2/C(=O)C(=O)N(CCOC)C2c2ccc(OCc3ccccc3C)cc2)cc1. The molecule has 1 saturated heterocycles. The molecule has 210 valence electrons. The third-order valence-electron chi connectivity index (χ3n) is 7.07. The van der Waals surface area contributed by atoms with Gasteiger partial charge < -0.3 is 24.2 Å². The van der Waals surface area contributed by atoms with E-state index in [0.29, 0.717) is 35.8 Å². The van der Waals surface area contributed by atoms with Crippen molar-refractivity contribution in [1.29, 1.82) is 0 Å². The molecule has 0 aliphatic carbocycles. The Kier molecular flexibility index (Phi) is 9.97. The van der Waals surface area contributed by atoms with Crippen molar-refractivity contribution in [2.24, 2.45) is 0 Å². The Hall–Kier alpha value is -4.10. The molecule has 1 unspecified atom stereocenters.